The predicted octanol–water partition coefficient (Wildman–Crippen LogP) is 1.98. The summed E-state index contributed by atoms with van der Waals surface area (Å²) in [7, 11) is 0. The molecule has 1 rings (SSSR count). The molecule has 0 radical (unpaired) electrons. The van der Waals surface area contributed by atoms with E-state index in [2.05, 4.69) is 17.2 Å². The van der Waals surface area contributed by atoms with Crippen molar-refractivity contribution < 1.29 is 9.90 Å². The third-order valence-corrected chi connectivity index (χ3v) is 2.61. The Kier molecular flexibility index (Phi) is 4.39. The minimum atomic E-state index is -0.750. The van der Waals surface area contributed by atoms with E-state index in [0.29, 0.717) is 13.0 Å². The molecule has 0 aliphatic rings. The topological polar surface area (TPSA) is 62.2 Å². The van der Waals surface area contributed by atoms with Gasteiger partial charge >= 0.3 is 5.97 Å². The van der Waals surface area contributed by atoms with Gasteiger partial charge in [0, 0.05) is 18.3 Å². The lowest BCUT2D eigenvalue weighted by molar-refractivity contribution is -0.137. The molecule has 1 aromatic heterocycles. The van der Waals surface area contributed by atoms with Crippen LogP contribution >= 0.6 is 11.3 Å². The van der Waals surface area contributed by atoms with Crippen LogP contribution in [-0.2, 0) is 11.2 Å². The van der Waals surface area contributed by atoms with Gasteiger partial charge in [-0.3, -0.25) is 4.79 Å². The minimum absolute atomic E-state index is 0.207. The summed E-state index contributed by atoms with van der Waals surface area (Å²) in [6, 6.07) is 0. The van der Waals surface area contributed by atoms with Crippen LogP contribution in [-0.4, -0.2) is 22.6 Å². The summed E-state index contributed by atoms with van der Waals surface area (Å²) in [4.78, 5) is 14.5. The van der Waals surface area contributed by atoms with Crippen molar-refractivity contribution in [3.8, 4) is 0 Å². The molecule has 2 N–H and O–H groups in total. The molecule has 78 valence electrons. The molecule has 0 aliphatic carbocycles. The number of anilines is 1. The van der Waals surface area contributed by atoms with Crippen molar-refractivity contribution in [1.29, 1.82) is 0 Å². The van der Waals surface area contributed by atoms with Gasteiger partial charge in [-0.05, 0) is 12.8 Å². The first-order chi connectivity index (χ1) is 6.72. The van der Waals surface area contributed by atoms with E-state index in [1.165, 1.54) is 0 Å². The zero-order chi connectivity index (χ0) is 10.4. The van der Waals surface area contributed by atoms with Gasteiger partial charge in [0.2, 0.25) is 0 Å². The molecule has 5 heteroatoms. The lowest BCUT2D eigenvalue weighted by Crippen LogP contribution is -2.04. The van der Waals surface area contributed by atoms with E-state index >= 15 is 0 Å². The molecule has 14 heavy (non-hydrogen) atoms. The molecular formula is C9H14N2O2S. The van der Waals surface area contributed by atoms with E-state index in [-0.39, 0.29) is 6.42 Å². The van der Waals surface area contributed by atoms with Crippen LogP contribution in [0.25, 0.3) is 0 Å². The molecule has 1 heterocycles. The Morgan fingerprint density at radius 1 is 1.71 bits per heavy atom. The van der Waals surface area contributed by atoms with Crippen LogP contribution in [0.5, 0.6) is 0 Å². The molecule has 0 saturated heterocycles. The number of carboxylic acid groups (broad SMARTS) is 1. The van der Waals surface area contributed by atoms with Gasteiger partial charge in [-0.25, -0.2) is 4.98 Å². The molecule has 0 saturated carbocycles. The van der Waals surface area contributed by atoms with Gasteiger partial charge in [-0.2, -0.15) is 0 Å². The number of rotatable bonds is 6. The average molecular weight is 214 g/mol. The van der Waals surface area contributed by atoms with E-state index in [1.54, 1.807) is 11.3 Å². The van der Waals surface area contributed by atoms with E-state index in [4.69, 9.17) is 5.11 Å². The molecular weight excluding hydrogens is 200 g/mol. The fraction of sp³-hybridized carbons (Fsp3) is 0.556. The maximum atomic E-state index is 10.2. The molecule has 0 aromatic carbocycles. The van der Waals surface area contributed by atoms with Crippen molar-refractivity contribution in [2.45, 2.75) is 26.2 Å². The van der Waals surface area contributed by atoms with Crippen molar-refractivity contribution >= 4 is 22.4 Å². The van der Waals surface area contributed by atoms with Gasteiger partial charge in [-0.15, -0.1) is 11.3 Å². The van der Waals surface area contributed by atoms with Crippen LogP contribution in [0, 0.1) is 0 Å². The summed E-state index contributed by atoms with van der Waals surface area (Å²) in [5.74, 6) is -0.750. The summed E-state index contributed by atoms with van der Waals surface area (Å²) in [6.07, 6.45) is 1.78. The van der Waals surface area contributed by atoms with E-state index in [0.717, 1.165) is 17.2 Å². The Balaban J connectivity index is 2.21. The number of aliphatic carboxylic acids is 1. The second kappa shape index (κ2) is 5.59. The second-order valence-corrected chi connectivity index (χ2v) is 3.78. The van der Waals surface area contributed by atoms with Gasteiger partial charge in [0.25, 0.3) is 0 Å². The molecule has 1 aromatic rings. The van der Waals surface area contributed by atoms with Gasteiger partial charge in [0.15, 0.2) is 5.13 Å². The van der Waals surface area contributed by atoms with Gasteiger partial charge in [0.05, 0.1) is 5.69 Å². The average Bonchev–Trinajstić information content (AvgIpc) is 2.60. The number of nitrogens with zero attached hydrogens (tertiary/aromatic N) is 1. The number of aromatic nitrogens is 1. The normalized spacial score (nSPS) is 10.1. The Bertz CT molecular complexity index is 299. The Morgan fingerprint density at radius 3 is 3.07 bits per heavy atom. The number of thiazole rings is 1. The fourth-order valence-corrected chi connectivity index (χ4v) is 1.81. The standard InChI is InChI=1S/C9H14N2O2S/c1-2-7-6-14-9(11-7)10-5-3-4-8(12)13/h6H,2-5H2,1H3,(H,10,11)(H,12,13). The summed E-state index contributed by atoms with van der Waals surface area (Å²) >= 11 is 1.56. The molecule has 0 fully saturated rings. The van der Waals surface area contributed by atoms with Crippen LogP contribution in [0.15, 0.2) is 5.38 Å². The molecule has 0 atom stereocenters. The third-order valence-electron chi connectivity index (χ3n) is 1.76. The highest BCUT2D eigenvalue weighted by atomic mass is 32.1. The summed E-state index contributed by atoms with van der Waals surface area (Å²) in [5, 5.41) is 14.4. The van der Waals surface area contributed by atoms with Crippen LogP contribution in [0.2, 0.25) is 0 Å². The number of carboxylic acids is 1. The van der Waals surface area contributed by atoms with Crippen molar-refractivity contribution in [2.75, 3.05) is 11.9 Å². The molecule has 0 unspecified atom stereocenters. The first-order valence-corrected chi connectivity index (χ1v) is 5.50. The molecule has 0 amide bonds. The number of aryl methyl sites for hydroxylation is 1. The number of nitrogens with one attached hydrogen (secondary N) is 1. The van der Waals surface area contributed by atoms with E-state index < -0.39 is 5.97 Å². The zero-order valence-electron chi connectivity index (χ0n) is 8.12. The fourth-order valence-electron chi connectivity index (χ4n) is 0.985. The number of carbonyl (C=O) groups is 1. The molecule has 0 aliphatic heterocycles. The highest BCUT2D eigenvalue weighted by Gasteiger charge is 2.00. The second-order valence-electron chi connectivity index (χ2n) is 2.92. The number of hydrogen-bond acceptors (Lipinski definition) is 4. The monoisotopic (exact) mass is 214 g/mol. The van der Waals surface area contributed by atoms with Gasteiger partial charge in [0.1, 0.15) is 0 Å². The first kappa shape index (κ1) is 11.0. The van der Waals surface area contributed by atoms with Crippen molar-refractivity contribution in [3.63, 3.8) is 0 Å². The maximum Gasteiger partial charge on any atom is 0.303 e. The van der Waals surface area contributed by atoms with Crippen LogP contribution in [0.1, 0.15) is 25.5 Å². The minimum Gasteiger partial charge on any atom is -0.481 e. The molecule has 4 nitrogen and oxygen atoms in total. The van der Waals surface area contributed by atoms with Crippen molar-refractivity contribution in [2.24, 2.45) is 0 Å². The Labute approximate surface area is 87.0 Å². The highest BCUT2D eigenvalue weighted by molar-refractivity contribution is 7.13. The smallest absolute Gasteiger partial charge is 0.303 e. The van der Waals surface area contributed by atoms with Crippen LogP contribution in [0.3, 0.4) is 0 Å². The Hall–Kier alpha value is -1.10. The number of hydrogen-bond donors (Lipinski definition) is 2. The lowest BCUT2D eigenvalue weighted by atomic mass is 10.3. The summed E-state index contributed by atoms with van der Waals surface area (Å²) in [5.41, 5.74) is 1.08. The Morgan fingerprint density at radius 2 is 2.50 bits per heavy atom. The first-order valence-electron chi connectivity index (χ1n) is 4.62. The molecule has 0 bridgehead atoms. The zero-order valence-corrected chi connectivity index (χ0v) is 8.93. The van der Waals surface area contributed by atoms with Crippen molar-refractivity contribution in [1.82, 2.24) is 4.98 Å². The highest BCUT2D eigenvalue weighted by Crippen LogP contribution is 2.15. The van der Waals surface area contributed by atoms with Gasteiger partial charge < -0.3 is 10.4 Å². The lowest BCUT2D eigenvalue weighted by Gasteiger charge is -1.99. The SMILES string of the molecule is CCc1csc(NCCCC(=O)O)n1. The van der Waals surface area contributed by atoms with Crippen molar-refractivity contribution in [3.05, 3.63) is 11.1 Å². The predicted molar refractivity (Wildman–Crippen MR) is 56.9 cm³/mol. The third kappa shape index (κ3) is 3.74. The van der Waals surface area contributed by atoms with Gasteiger partial charge in [-0.1, -0.05) is 6.92 Å². The van der Waals surface area contributed by atoms with Crippen LogP contribution < -0.4 is 5.32 Å². The summed E-state index contributed by atoms with van der Waals surface area (Å²) < 4.78 is 0. The quantitative estimate of drug-likeness (QED) is 0.711. The maximum absolute atomic E-state index is 10.2. The van der Waals surface area contributed by atoms with E-state index in [9.17, 15) is 4.79 Å². The summed E-state index contributed by atoms with van der Waals surface area (Å²) in [6.45, 7) is 2.73. The van der Waals surface area contributed by atoms with Crippen LogP contribution in [0.4, 0.5) is 5.13 Å². The van der Waals surface area contributed by atoms with E-state index in [1.807, 2.05) is 5.38 Å². The largest absolute Gasteiger partial charge is 0.481 e. The molecule has 0 spiro atoms.